The van der Waals surface area contributed by atoms with Gasteiger partial charge in [-0.1, -0.05) is 37.6 Å². The minimum atomic E-state index is -0.226. The van der Waals surface area contributed by atoms with E-state index in [-0.39, 0.29) is 30.5 Å². The van der Waals surface area contributed by atoms with Gasteiger partial charge in [-0.2, -0.15) is 0 Å². The maximum absolute atomic E-state index is 12.1. The molecular formula is C16H24N2O2. The summed E-state index contributed by atoms with van der Waals surface area (Å²) in [5, 5.41) is 12.4. The van der Waals surface area contributed by atoms with Crippen molar-refractivity contribution in [1.82, 2.24) is 5.32 Å². The zero-order valence-electron chi connectivity index (χ0n) is 12.0. The molecule has 1 heterocycles. The summed E-state index contributed by atoms with van der Waals surface area (Å²) < 4.78 is 0. The van der Waals surface area contributed by atoms with Crippen LogP contribution in [-0.2, 0) is 11.2 Å². The van der Waals surface area contributed by atoms with Gasteiger partial charge in [0.05, 0.1) is 12.6 Å². The lowest BCUT2D eigenvalue weighted by molar-refractivity contribution is -0.125. The van der Waals surface area contributed by atoms with Crippen LogP contribution in [0, 0.1) is 5.92 Å². The van der Waals surface area contributed by atoms with Crippen LogP contribution in [-0.4, -0.2) is 23.7 Å². The van der Waals surface area contributed by atoms with Gasteiger partial charge in [0.1, 0.15) is 0 Å². The molecule has 0 unspecified atom stereocenters. The summed E-state index contributed by atoms with van der Waals surface area (Å²) in [6.45, 7) is 1.88. The topological polar surface area (TPSA) is 75.3 Å². The van der Waals surface area contributed by atoms with Crippen LogP contribution in [0.2, 0.25) is 0 Å². The van der Waals surface area contributed by atoms with E-state index < -0.39 is 0 Å². The Morgan fingerprint density at radius 1 is 1.40 bits per heavy atom. The molecule has 4 heteroatoms. The average molecular weight is 276 g/mol. The number of hydrogen-bond acceptors (Lipinski definition) is 3. The second-order valence-electron chi connectivity index (χ2n) is 5.78. The fourth-order valence-electron chi connectivity index (χ4n) is 2.68. The van der Waals surface area contributed by atoms with Crippen LogP contribution in [0.25, 0.3) is 0 Å². The van der Waals surface area contributed by atoms with Gasteiger partial charge in [0.15, 0.2) is 0 Å². The van der Waals surface area contributed by atoms with Gasteiger partial charge < -0.3 is 16.2 Å². The predicted molar refractivity (Wildman–Crippen MR) is 79.1 cm³/mol. The van der Waals surface area contributed by atoms with Crippen LogP contribution in [0.4, 0.5) is 0 Å². The summed E-state index contributed by atoms with van der Waals surface area (Å²) in [6, 6.07) is 7.95. The highest BCUT2D eigenvalue weighted by Gasteiger charge is 2.19. The largest absolute Gasteiger partial charge is 0.394 e. The fraction of sp³-hybridized carbons (Fsp3) is 0.562. The third kappa shape index (κ3) is 3.81. The van der Waals surface area contributed by atoms with Crippen molar-refractivity contribution in [2.24, 2.45) is 11.7 Å². The minimum absolute atomic E-state index is 0.0225. The van der Waals surface area contributed by atoms with E-state index in [2.05, 4.69) is 17.4 Å². The summed E-state index contributed by atoms with van der Waals surface area (Å²) >= 11 is 0. The molecule has 1 aliphatic rings. The monoisotopic (exact) mass is 276 g/mol. The zero-order chi connectivity index (χ0) is 14.5. The highest BCUT2D eigenvalue weighted by molar-refractivity contribution is 5.78. The summed E-state index contributed by atoms with van der Waals surface area (Å²) in [6.07, 6.45) is 3.29. The molecule has 1 aliphatic heterocycles. The number of aliphatic hydroxyl groups excluding tert-OH is 1. The first-order chi connectivity index (χ1) is 9.60. The van der Waals surface area contributed by atoms with Gasteiger partial charge in [-0.15, -0.1) is 0 Å². The standard InChI is InChI=1S/C16H24N2O2/c1-11-4-2-7-15(17)13-6-3-5-12(8-13)9-14(10-19)18-16(11)20/h3,5-6,8,11,14-15,19H,2,4,7,9-10,17H2,1H3,(H,18,20)/t11-,14-,15+/m1/s1. The predicted octanol–water partition coefficient (Wildman–Crippen LogP) is 1.53. The van der Waals surface area contributed by atoms with Crippen molar-refractivity contribution in [3.63, 3.8) is 0 Å². The number of benzene rings is 1. The van der Waals surface area contributed by atoms with Crippen molar-refractivity contribution in [2.45, 2.75) is 44.7 Å². The van der Waals surface area contributed by atoms with Gasteiger partial charge >= 0.3 is 0 Å². The fourth-order valence-corrected chi connectivity index (χ4v) is 2.68. The molecule has 0 saturated carbocycles. The van der Waals surface area contributed by atoms with Crippen molar-refractivity contribution in [3.05, 3.63) is 35.4 Å². The first kappa shape index (κ1) is 15.0. The second-order valence-corrected chi connectivity index (χ2v) is 5.78. The molecule has 1 aromatic rings. The molecule has 2 bridgehead atoms. The van der Waals surface area contributed by atoms with Crippen molar-refractivity contribution in [3.8, 4) is 0 Å². The summed E-state index contributed by atoms with van der Waals surface area (Å²) in [4.78, 5) is 12.1. The van der Waals surface area contributed by atoms with Crippen LogP contribution in [0.5, 0.6) is 0 Å². The Hall–Kier alpha value is -1.39. The van der Waals surface area contributed by atoms with Crippen LogP contribution >= 0.6 is 0 Å². The maximum Gasteiger partial charge on any atom is 0.223 e. The molecule has 20 heavy (non-hydrogen) atoms. The molecule has 0 saturated heterocycles. The van der Waals surface area contributed by atoms with E-state index in [0.717, 1.165) is 30.4 Å². The third-order valence-electron chi connectivity index (χ3n) is 4.03. The van der Waals surface area contributed by atoms with E-state index in [0.29, 0.717) is 6.42 Å². The Kier molecular flexibility index (Phi) is 5.15. The molecule has 0 aliphatic carbocycles. The Balaban J connectivity index is 2.23. The first-order valence-electron chi connectivity index (χ1n) is 7.35. The van der Waals surface area contributed by atoms with Crippen molar-refractivity contribution in [1.29, 1.82) is 0 Å². The number of nitrogens with two attached hydrogens (primary N) is 1. The number of nitrogens with one attached hydrogen (secondary N) is 1. The molecule has 3 atom stereocenters. The van der Waals surface area contributed by atoms with E-state index in [1.807, 2.05) is 19.1 Å². The molecule has 4 N–H and O–H groups in total. The van der Waals surface area contributed by atoms with Crippen LogP contribution in [0.3, 0.4) is 0 Å². The average Bonchev–Trinajstić information content (AvgIpc) is 2.45. The third-order valence-corrected chi connectivity index (χ3v) is 4.03. The quantitative estimate of drug-likeness (QED) is 0.728. The van der Waals surface area contributed by atoms with Crippen molar-refractivity contribution >= 4 is 5.91 Å². The molecule has 0 spiro atoms. The van der Waals surface area contributed by atoms with Gasteiger partial charge in [0.2, 0.25) is 5.91 Å². The number of amides is 1. The van der Waals surface area contributed by atoms with Crippen molar-refractivity contribution < 1.29 is 9.90 Å². The van der Waals surface area contributed by atoms with E-state index in [4.69, 9.17) is 5.73 Å². The smallest absolute Gasteiger partial charge is 0.223 e. The molecule has 4 nitrogen and oxygen atoms in total. The summed E-state index contributed by atoms with van der Waals surface area (Å²) in [7, 11) is 0. The molecule has 0 aromatic heterocycles. The van der Waals surface area contributed by atoms with Crippen LogP contribution in [0.15, 0.2) is 24.3 Å². The molecule has 1 aromatic carbocycles. The van der Waals surface area contributed by atoms with E-state index >= 15 is 0 Å². The molecule has 110 valence electrons. The molecular weight excluding hydrogens is 252 g/mol. The van der Waals surface area contributed by atoms with Gasteiger partial charge in [-0.25, -0.2) is 0 Å². The van der Waals surface area contributed by atoms with E-state index in [1.54, 1.807) is 0 Å². The summed E-state index contributed by atoms with van der Waals surface area (Å²) in [5.74, 6) is -0.0108. The number of aliphatic hydroxyl groups is 1. The summed E-state index contributed by atoms with van der Waals surface area (Å²) in [5.41, 5.74) is 8.46. The van der Waals surface area contributed by atoms with Crippen molar-refractivity contribution in [2.75, 3.05) is 6.61 Å². The normalized spacial score (nSPS) is 28.1. The van der Waals surface area contributed by atoms with Crippen LogP contribution in [0.1, 0.15) is 43.4 Å². The van der Waals surface area contributed by atoms with Gasteiger partial charge in [0, 0.05) is 12.0 Å². The van der Waals surface area contributed by atoms with Gasteiger partial charge in [-0.3, -0.25) is 4.79 Å². The van der Waals surface area contributed by atoms with Crippen LogP contribution < -0.4 is 11.1 Å². The number of fused-ring (bicyclic) bond motifs is 2. The SMILES string of the molecule is C[C@@H]1CCC[C@H](N)c2cccc(c2)C[C@H](CO)NC1=O. The Morgan fingerprint density at radius 3 is 2.95 bits per heavy atom. The molecule has 0 radical (unpaired) electrons. The number of carbonyl (C=O) groups is 1. The minimum Gasteiger partial charge on any atom is -0.394 e. The highest BCUT2D eigenvalue weighted by Crippen LogP contribution is 2.21. The Labute approximate surface area is 120 Å². The maximum atomic E-state index is 12.1. The lowest BCUT2D eigenvalue weighted by atomic mass is 9.94. The lowest BCUT2D eigenvalue weighted by Crippen LogP contribution is -2.41. The Morgan fingerprint density at radius 2 is 2.20 bits per heavy atom. The first-order valence-corrected chi connectivity index (χ1v) is 7.35. The highest BCUT2D eigenvalue weighted by atomic mass is 16.3. The number of hydrogen-bond donors (Lipinski definition) is 3. The van der Waals surface area contributed by atoms with Gasteiger partial charge in [-0.05, 0) is 30.4 Å². The van der Waals surface area contributed by atoms with E-state index in [9.17, 15) is 9.90 Å². The molecule has 2 rings (SSSR count). The Bertz CT molecular complexity index is 462. The van der Waals surface area contributed by atoms with E-state index in [1.165, 1.54) is 0 Å². The lowest BCUT2D eigenvalue weighted by Gasteiger charge is -2.22. The number of rotatable bonds is 1. The zero-order valence-corrected chi connectivity index (χ0v) is 12.0. The second kappa shape index (κ2) is 6.86. The molecule has 0 fully saturated rings. The molecule has 1 amide bonds. The number of carbonyl (C=O) groups excluding carboxylic acids is 1. The van der Waals surface area contributed by atoms with Gasteiger partial charge in [0.25, 0.3) is 0 Å².